The van der Waals surface area contributed by atoms with Crippen LogP contribution in [0, 0.1) is 0 Å². The average Bonchev–Trinajstić information content (AvgIpc) is 3.01. The molecule has 22 heavy (non-hydrogen) atoms. The Balaban J connectivity index is 2.10. The molecule has 4 heteroatoms. The molecular formula is C18H10Al2N2. The van der Waals surface area contributed by atoms with E-state index in [1.807, 2.05) is 0 Å². The summed E-state index contributed by atoms with van der Waals surface area (Å²) in [6.45, 7) is 0. The molecule has 0 amide bonds. The minimum Gasteiger partial charge on any atom is -0.452 e. The number of hydrogen-bond donors (Lipinski definition) is 0. The zero-order chi connectivity index (χ0) is 14.8. The second-order valence-corrected chi connectivity index (χ2v) is 6.69. The van der Waals surface area contributed by atoms with E-state index in [0.29, 0.717) is 0 Å². The SMILES string of the molecule is [Al][n]1c2ccccc2c2cc3c(cc21)c1ccccc1[n]3[Al]. The van der Waals surface area contributed by atoms with Crippen LogP contribution in [-0.4, -0.2) is 40.1 Å². The van der Waals surface area contributed by atoms with Gasteiger partial charge in [-0.2, -0.15) is 0 Å². The number of para-hydroxylation sites is 2. The maximum Gasteiger partial charge on any atom is 0.318 e. The van der Waals surface area contributed by atoms with Crippen LogP contribution in [0.5, 0.6) is 0 Å². The summed E-state index contributed by atoms with van der Waals surface area (Å²) in [6.07, 6.45) is 0. The molecule has 2 nitrogen and oxygen atoms in total. The molecule has 0 spiro atoms. The van der Waals surface area contributed by atoms with Gasteiger partial charge in [0.1, 0.15) is 0 Å². The number of rotatable bonds is 0. The van der Waals surface area contributed by atoms with E-state index < -0.39 is 0 Å². The van der Waals surface area contributed by atoms with Gasteiger partial charge in [0.2, 0.25) is 0 Å². The molecule has 2 heterocycles. The first kappa shape index (κ1) is 12.8. The van der Waals surface area contributed by atoms with E-state index in [4.69, 9.17) is 0 Å². The van der Waals surface area contributed by atoms with E-state index in [0.717, 1.165) is 0 Å². The van der Waals surface area contributed by atoms with Gasteiger partial charge in [-0.25, -0.2) is 0 Å². The minimum absolute atomic E-state index is 1.25. The van der Waals surface area contributed by atoms with Gasteiger partial charge in [0, 0.05) is 43.6 Å². The summed E-state index contributed by atoms with van der Waals surface area (Å²) in [5.41, 5.74) is 4.99. The highest BCUT2D eigenvalue weighted by Crippen LogP contribution is 2.35. The van der Waals surface area contributed by atoms with E-state index >= 15 is 0 Å². The molecule has 0 aliphatic rings. The van der Waals surface area contributed by atoms with Crippen molar-refractivity contribution < 1.29 is 0 Å². The Hall–Kier alpha value is -1.68. The van der Waals surface area contributed by atoms with Crippen molar-refractivity contribution in [3.63, 3.8) is 0 Å². The molecular weight excluding hydrogens is 298 g/mol. The van der Waals surface area contributed by atoms with E-state index in [9.17, 15) is 0 Å². The van der Waals surface area contributed by atoms with Crippen LogP contribution in [0.3, 0.4) is 0 Å². The lowest BCUT2D eigenvalue weighted by molar-refractivity contribution is 1.38. The molecule has 0 atom stereocenters. The molecule has 4 radical (unpaired) electrons. The predicted molar refractivity (Wildman–Crippen MR) is 94.8 cm³/mol. The lowest BCUT2D eigenvalue weighted by atomic mass is 10.1. The molecule has 0 bridgehead atoms. The van der Waals surface area contributed by atoms with E-state index in [1.165, 1.54) is 43.6 Å². The fourth-order valence-corrected chi connectivity index (χ4v) is 4.37. The first-order chi connectivity index (χ1) is 10.8. The lowest BCUT2D eigenvalue weighted by Crippen LogP contribution is -1.91. The Morgan fingerprint density at radius 2 is 0.909 bits per heavy atom. The van der Waals surface area contributed by atoms with Gasteiger partial charge < -0.3 is 7.10 Å². The Morgan fingerprint density at radius 1 is 0.500 bits per heavy atom. The first-order valence-corrected chi connectivity index (χ1v) is 8.25. The van der Waals surface area contributed by atoms with E-state index in [1.54, 1.807) is 0 Å². The molecule has 0 N–H and O–H groups in total. The smallest absolute Gasteiger partial charge is 0.318 e. The number of benzene rings is 3. The Kier molecular flexibility index (Phi) is 2.58. The van der Waals surface area contributed by atoms with Crippen molar-refractivity contribution in [2.24, 2.45) is 0 Å². The molecule has 0 unspecified atom stereocenters. The quantitative estimate of drug-likeness (QED) is 0.385. The van der Waals surface area contributed by atoms with E-state index in [-0.39, 0.29) is 0 Å². The van der Waals surface area contributed by atoms with Crippen LogP contribution in [-0.2, 0) is 0 Å². The molecule has 0 fully saturated rings. The fourth-order valence-electron chi connectivity index (χ4n) is 3.49. The number of nitrogens with zero attached hydrogens (tertiary/aromatic N) is 2. The zero-order valence-electron chi connectivity index (χ0n) is 11.8. The lowest BCUT2D eigenvalue weighted by Gasteiger charge is -2.02. The van der Waals surface area contributed by atoms with Crippen molar-refractivity contribution in [1.82, 2.24) is 7.10 Å². The van der Waals surface area contributed by atoms with Crippen molar-refractivity contribution >= 4 is 76.6 Å². The number of fused-ring (bicyclic) bond motifs is 6. The third-order valence-electron chi connectivity index (χ3n) is 4.54. The second-order valence-electron chi connectivity index (χ2n) is 5.66. The Morgan fingerprint density at radius 3 is 1.36 bits per heavy atom. The van der Waals surface area contributed by atoms with Gasteiger partial charge in [0.25, 0.3) is 0 Å². The summed E-state index contributed by atoms with van der Waals surface area (Å²) in [6, 6.07) is 21.7. The summed E-state index contributed by atoms with van der Waals surface area (Å²) >= 11 is 5.69. The second kappa shape index (κ2) is 4.42. The summed E-state index contributed by atoms with van der Waals surface area (Å²) in [5, 5.41) is 5.18. The van der Waals surface area contributed by atoms with Crippen molar-refractivity contribution in [3.05, 3.63) is 60.7 Å². The third kappa shape index (κ3) is 1.51. The monoisotopic (exact) mass is 308 g/mol. The standard InChI is InChI=1S/C18H10N2.2Al/c1-3-7-15-11(5-1)13-9-18-14(10-17(13)19-15)12-6-2-4-8-16(12)20-18;;/h1-10H;;/q-2;2*+1. The van der Waals surface area contributed by atoms with Gasteiger partial charge in [0.15, 0.2) is 0 Å². The maximum absolute atomic E-state index is 2.84. The molecule has 3 aromatic carbocycles. The highest BCUT2D eigenvalue weighted by atomic mass is 27.1. The van der Waals surface area contributed by atoms with Crippen LogP contribution in [0.2, 0.25) is 0 Å². The van der Waals surface area contributed by atoms with Crippen molar-refractivity contribution in [3.8, 4) is 0 Å². The van der Waals surface area contributed by atoms with Crippen molar-refractivity contribution in [2.45, 2.75) is 0 Å². The Bertz CT molecular complexity index is 1100. The van der Waals surface area contributed by atoms with Crippen LogP contribution in [0.4, 0.5) is 0 Å². The molecule has 0 saturated heterocycles. The fraction of sp³-hybridized carbons (Fsp3) is 0. The molecule has 98 valence electrons. The highest BCUT2D eigenvalue weighted by Gasteiger charge is 2.12. The van der Waals surface area contributed by atoms with Crippen LogP contribution in [0.1, 0.15) is 0 Å². The molecule has 0 aliphatic heterocycles. The largest absolute Gasteiger partial charge is 0.452 e. The third-order valence-corrected chi connectivity index (χ3v) is 5.65. The van der Waals surface area contributed by atoms with Gasteiger partial charge in [-0.15, -0.1) is 0 Å². The van der Waals surface area contributed by atoms with Crippen molar-refractivity contribution in [1.29, 1.82) is 0 Å². The van der Waals surface area contributed by atoms with Gasteiger partial charge >= 0.3 is 33.0 Å². The van der Waals surface area contributed by atoms with Crippen LogP contribution < -0.4 is 0 Å². The summed E-state index contributed by atoms with van der Waals surface area (Å²) in [7, 11) is 0. The van der Waals surface area contributed by atoms with Crippen molar-refractivity contribution in [2.75, 3.05) is 0 Å². The van der Waals surface area contributed by atoms with Crippen LogP contribution in [0.15, 0.2) is 60.7 Å². The van der Waals surface area contributed by atoms with Crippen LogP contribution in [0.25, 0.3) is 43.6 Å². The van der Waals surface area contributed by atoms with Gasteiger partial charge in [-0.05, 0) is 24.3 Å². The normalized spacial score (nSPS) is 12.0. The molecule has 5 rings (SSSR count). The molecule has 5 aromatic rings. The van der Waals surface area contributed by atoms with E-state index in [2.05, 4.69) is 101 Å². The minimum atomic E-state index is 1.25. The molecule has 2 aromatic heterocycles. The zero-order valence-corrected chi connectivity index (χ0v) is 14.1. The topological polar surface area (TPSA) is 9.86 Å². The summed E-state index contributed by atoms with van der Waals surface area (Å²) in [5.74, 6) is 0. The first-order valence-electron chi connectivity index (χ1n) is 7.22. The van der Waals surface area contributed by atoms with Crippen LogP contribution >= 0.6 is 0 Å². The number of hydrogen-bond acceptors (Lipinski definition) is 0. The summed E-state index contributed by atoms with van der Waals surface area (Å²) in [4.78, 5) is 0. The molecule has 0 aliphatic carbocycles. The number of aromatic nitrogens is 2. The average molecular weight is 308 g/mol. The highest BCUT2D eigenvalue weighted by molar-refractivity contribution is 6.27. The summed E-state index contributed by atoms with van der Waals surface area (Å²) < 4.78 is 4.41. The Labute approximate surface area is 144 Å². The maximum atomic E-state index is 2.84. The molecule has 0 saturated carbocycles. The van der Waals surface area contributed by atoms with Gasteiger partial charge in [-0.1, -0.05) is 36.4 Å². The van der Waals surface area contributed by atoms with Gasteiger partial charge in [-0.3, -0.25) is 0 Å². The predicted octanol–water partition coefficient (Wildman–Crippen LogP) is 3.77. The van der Waals surface area contributed by atoms with Gasteiger partial charge in [0.05, 0.1) is 0 Å².